The van der Waals surface area contributed by atoms with E-state index < -0.39 is 0 Å². The molecule has 21 heavy (non-hydrogen) atoms. The van der Waals surface area contributed by atoms with E-state index >= 15 is 0 Å². The number of azo groups is 1. The normalized spacial score (nSPS) is 11.4. The van der Waals surface area contributed by atoms with Gasteiger partial charge in [-0.2, -0.15) is 5.26 Å². The highest BCUT2D eigenvalue weighted by molar-refractivity contribution is 5.97. The van der Waals surface area contributed by atoms with Gasteiger partial charge >= 0.3 is 0 Å². The van der Waals surface area contributed by atoms with Crippen molar-refractivity contribution in [3.05, 3.63) is 59.7 Å². The molecule has 0 spiro atoms. The van der Waals surface area contributed by atoms with Crippen LogP contribution in [0.4, 0.5) is 11.4 Å². The molecule has 0 atom stereocenters. The number of amidine groups is 1. The molecule has 0 amide bonds. The molecule has 104 valence electrons. The van der Waals surface area contributed by atoms with E-state index in [0.29, 0.717) is 5.69 Å². The third kappa shape index (κ3) is 4.55. The summed E-state index contributed by atoms with van der Waals surface area (Å²) in [6, 6.07) is 17.1. The van der Waals surface area contributed by atoms with Crippen LogP contribution in [0.15, 0.2) is 63.9 Å². The summed E-state index contributed by atoms with van der Waals surface area (Å²) < 4.78 is 0. The predicted molar refractivity (Wildman–Crippen MR) is 83.5 cm³/mol. The molecule has 1 N–H and O–H groups in total. The maximum atomic E-state index is 9.00. The molecule has 0 heterocycles. The molecule has 0 saturated heterocycles. The molecule has 0 saturated carbocycles. The Hall–Kier alpha value is -3.00. The lowest BCUT2D eigenvalue weighted by molar-refractivity contribution is 1.23. The highest BCUT2D eigenvalue weighted by Crippen LogP contribution is 2.13. The van der Waals surface area contributed by atoms with Crippen LogP contribution in [0.25, 0.3) is 0 Å². The van der Waals surface area contributed by atoms with E-state index in [4.69, 9.17) is 5.26 Å². The summed E-state index contributed by atoms with van der Waals surface area (Å²) in [7, 11) is 0. The molecule has 0 aliphatic carbocycles. The van der Waals surface area contributed by atoms with E-state index in [1.54, 1.807) is 0 Å². The van der Waals surface area contributed by atoms with E-state index in [-0.39, 0.29) is 5.84 Å². The largest absolute Gasteiger partial charge is 0.276 e. The number of hydrogen-bond acceptors (Lipinski definition) is 4. The Labute approximate surface area is 123 Å². The maximum absolute atomic E-state index is 9.00. The van der Waals surface area contributed by atoms with Gasteiger partial charge in [-0.1, -0.05) is 35.4 Å². The van der Waals surface area contributed by atoms with E-state index in [0.717, 1.165) is 16.8 Å². The molecule has 2 aromatic rings. The summed E-state index contributed by atoms with van der Waals surface area (Å²) >= 11 is 0. The van der Waals surface area contributed by atoms with Crippen molar-refractivity contribution in [1.82, 2.24) is 0 Å². The molecule has 2 aromatic carbocycles. The van der Waals surface area contributed by atoms with E-state index in [1.165, 1.54) is 0 Å². The third-order valence-corrected chi connectivity index (χ3v) is 2.74. The summed E-state index contributed by atoms with van der Waals surface area (Å²) in [6.07, 6.45) is 0. The van der Waals surface area contributed by atoms with Gasteiger partial charge < -0.3 is 0 Å². The first-order valence-corrected chi connectivity index (χ1v) is 6.46. The zero-order valence-electron chi connectivity index (χ0n) is 11.9. The molecule has 0 aliphatic rings. The van der Waals surface area contributed by atoms with Gasteiger partial charge in [0.2, 0.25) is 0 Å². The first-order valence-electron chi connectivity index (χ1n) is 6.46. The van der Waals surface area contributed by atoms with Gasteiger partial charge in [0.25, 0.3) is 5.84 Å². The van der Waals surface area contributed by atoms with Gasteiger partial charge in [-0.05, 0) is 38.1 Å². The molecular formula is C16H15N5. The van der Waals surface area contributed by atoms with Crippen LogP contribution in [0.2, 0.25) is 0 Å². The summed E-state index contributed by atoms with van der Waals surface area (Å²) in [5.74, 6) is -0.0313. The van der Waals surface area contributed by atoms with Crippen LogP contribution in [-0.4, -0.2) is 5.84 Å². The fourth-order valence-corrected chi connectivity index (χ4v) is 1.53. The predicted octanol–water partition coefficient (Wildman–Crippen LogP) is 4.34. The smallest absolute Gasteiger partial charge is 0.270 e. The van der Waals surface area contributed by atoms with E-state index in [1.807, 2.05) is 68.4 Å². The Morgan fingerprint density at radius 3 is 2.10 bits per heavy atom. The highest BCUT2D eigenvalue weighted by atomic mass is 15.3. The number of nitrogens with zero attached hydrogens (tertiary/aromatic N) is 4. The van der Waals surface area contributed by atoms with Gasteiger partial charge in [-0.15, -0.1) is 15.3 Å². The molecule has 0 aliphatic heterocycles. The lowest BCUT2D eigenvalue weighted by atomic mass is 10.2. The first-order chi connectivity index (χ1) is 10.2. The number of hydrogen-bond donors (Lipinski definition) is 1. The first kappa shape index (κ1) is 14.4. The van der Waals surface area contributed by atoms with Crippen molar-refractivity contribution in [2.24, 2.45) is 15.3 Å². The fraction of sp³-hybridized carbons (Fsp3) is 0.125. The quantitative estimate of drug-likeness (QED) is 0.392. The second-order valence-electron chi connectivity index (χ2n) is 4.56. The monoisotopic (exact) mass is 277 g/mol. The molecule has 0 radical (unpaired) electrons. The zero-order chi connectivity index (χ0) is 15.1. The number of rotatable bonds is 3. The summed E-state index contributed by atoms with van der Waals surface area (Å²) in [4.78, 5) is 0. The summed E-state index contributed by atoms with van der Waals surface area (Å²) in [5.41, 5.74) is 6.55. The third-order valence-electron chi connectivity index (χ3n) is 2.74. The van der Waals surface area contributed by atoms with Crippen LogP contribution in [-0.2, 0) is 0 Å². The Balaban J connectivity index is 2.05. The van der Waals surface area contributed by atoms with Gasteiger partial charge in [-0.25, -0.2) is 0 Å². The van der Waals surface area contributed by atoms with Crippen LogP contribution < -0.4 is 5.43 Å². The Morgan fingerprint density at radius 2 is 1.52 bits per heavy atom. The fourth-order valence-electron chi connectivity index (χ4n) is 1.53. The van der Waals surface area contributed by atoms with Gasteiger partial charge in [0.15, 0.2) is 0 Å². The second-order valence-corrected chi connectivity index (χ2v) is 4.56. The molecule has 5 heteroatoms. The van der Waals surface area contributed by atoms with E-state index in [9.17, 15) is 0 Å². The van der Waals surface area contributed by atoms with Crippen molar-refractivity contribution in [2.75, 3.05) is 5.43 Å². The number of anilines is 1. The van der Waals surface area contributed by atoms with Gasteiger partial charge in [0.05, 0.1) is 11.4 Å². The molecule has 0 aromatic heterocycles. The minimum absolute atomic E-state index is 0.0313. The number of nitriles is 1. The average Bonchev–Trinajstić information content (AvgIpc) is 2.51. The van der Waals surface area contributed by atoms with Crippen LogP contribution >= 0.6 is 0 Å². The van der Waals surface area contributed by atoms with Gasteiger partial charge in [0, 0.05) is 0 Å². The van der Waals surface area contributed by atoms with E-state index in [2.05, 4.69) is 20.8 Å². The Kier molecular flexibility index (Phi) is 4.78. The van der Waals surface area contributed by atoms with Crippen molar-refractivity contribution in [1.29, 1.82) is 5.26 Å². The van der Waals surface area contributed by atoms with Crippen LogP contribution in [0, 0.1) is 25.2 Å². The number of aryl methyl sites for hydroxylation is 2. The SMILES string of the molecule is Cc1ccc(N=N/C(C#N)=N/Nc2ccc(C)cc2)cc1. The summed E-state index contributed by atoms with van der Waals surface area (Å²) in [6.45, 7) is 4.00. The molecule has 0 fully saturated rings. The second kappa shape index (κ2) is 6.96. The van der Waals surface area contributed by atoms with Crippen LogP contribution in [0.3, 0.4) is 0 Å². The van der Waals surface area contributed by atoms with Crippen molar-refractivity contribution < 1.29 is 0 Å². The molecular weight excluding hydrogens is 262 g/mol. The topological polar surface area (TPSA) is 72.9 Å². The van der Waals surface area contributed by atoms with Crippen molar-refractivity contribution in [3.63, 3.8) is 0 Å². The van der Waals surface area contributed by atoms with Crippen molar-refractivity contribution in [3.8, 4) is 6.07 Å². The Bertz CT molecular complexity index is 691. The number of nitrogens with one attached hydrogen (secondary N) is 1. The van der Waals surface area contributed by atoms with Gasteiger partial charge in [-0.3, -0.25) is 5.43 Å². The number of hydrazone groups is 1. The average molecular weight is 277 g/mol. The molecule has 0 unspecified atom stereocenters. The van der Waals surface area contributed by atoms with Crippen molar-refractivity contribution in [2.45, 2.75) is 13.8 Å². The van der Waals surface area contributed by atoms with Crippen LogP contribution in [0.1, 0.15) is 11.1 Å². The standard InChI is InChI=1S/C16H15N5/c1-12-3-7-14(8-4-12)18-20-16(11-17)21-19-15-9-5-13(2)6-10-15/h3-10,18H,1-2H3/b20-16+,21-19?. The molecule has 5 nitrogen and oxygen atoms in total. The zero-order valence-corrected chi connectivity index (χ0v) is 11.9. The number of benzene rings is 2. The van der Waals surface area contributed by atoms with Crippen LogP contribution in [0.5, 0.6) is 0 Å². The lowest BCUT2D eigenvalue weighted by Gasteiger charge is -1.99. The van der Waals surface area contributed by atoms with Crippen molar-refractivity contribution >= 4 is 17.2 Å². The minimum Gasteiger partial charge on any atom is -0.276 e. The molecule has 0 bridgehead atoms. The van der Waals surface area contributed by atoms with Gasteiger partial charge in [0.1, 0.15) is 6.07 Å². The lowest BCUT2D eigenvalue weighted by Crippen LogP contribution is -1.95. The minimum atomic E-state index is -0.0313. The highest BCUT2D eigenvalue weighted by Gasteiger charge is 1.96. The maximum Gasteiger partial charge on any atom is 0.270 e. The molecule has 2 rings (SSSR count). The Morgan fingerprint density at radius 1 is 0.952 bits per heavy atom. The summed E-state index contributed by atoms with van der Waals surface area (Å²) in [5, 5.41) is 20.7.